The largest absolute Gasteiger partial charge is 0.490 e. The standard InChI is InChI=1S/C17H24N2O3S/c1-12(11-20-2)18-17(23)19-5-4-13-8-15-16(9-14(13)10-19)22-7-3-6-21-15/h8-9,12H,3-7,10-11H2,1-2H3,(H,18,23)/t12-/m1/s1. The number of ether oxygens (including phenoxy) is 3. The van der Waals surface area contributed by atoms with Crippen LogP contribution in [0.4, 0.5) is 0 Å². The Morgan fingerprint density at radius 2 is 2.00 bits per heavy atom. The van der Waals surface area contributed by atoms with Gasteiger partial charge in [-0.2, -0.15) is 0 Å². The van der Waals surface area contributed by atoms with Crippen molar-refractivity contribution in [3.8, 4) is 11.5 Å². The molecule has 23 heavy (non-hydrogen) atoms. The summed E-state index contributed by atoms with van der Waals surface area (Å²) in [5, 5.41) is 4.11. The average Bonchev–Trinajstić information content (AvgIpc) is 2.77. The number of nitrogens with one attached hydrogen (secondary N) is 1. The average molecular weight is 336 g/mol. The van der Waals surface area contributed by atoms with E-state index < -0.39 is 0 Å². The fourth-order valence-corrected chi connectivity index (χ4v) is 3.34. The summed E-state index contributed by atoms with van der Waals surface area (Å²) in [6.45, 7) is 5.87. The third-order valence-corrected chi connectivity index (χ3v) is 4.53. The molecule has 126 valence electrons. The van der Waals surface area contributed by atoms with Gasteiger partial charge in [0.2, 0.25) is 0 Å². The van der Waals surface area contributed by atoms with Gasteiger partial charge in [-0.25, -0.2) is 0 Å². The fraction of sp³-hybridized carbons (Fsp3) is 0.588. The first kappa shape index (κ1) is 16.3. The molecule has 3 rings (SSSR count). The van der Waals surface area contributed by atoms with Gasteiger partial charge in [0.25, 0.3) is 0 Å². The van der Waals surface area contributed by atoms with Crippen LogP contribution < -0.4 is 14.8 Å². The van der Waals surface area contributed by atoms with Gasteiger partial charge in [-0.05, 0) is 48.8 Å². The second kappa shape index (κ2) is 7.36. The molecule has 2 aliphatic rings. The lowest BCUT2D eigenvalue weighted by molar-refractivity contribution is 0.177. The van der Waals surface area contributed by atoms with E-state index in [1.807, 2.05) is 0 Å². The first-order valence-corrected chi connectivity index (χ1v) is 8.54. The molecule has 0 bridgehead atoms. The molecule has 0 radical (unpaired) electrons. The van der Waals surface area contributed by atoms with Gasteiger partial charge in [0.15, 0.2) is 16.6 Å². The second-order valence-electron chi connectivity index (χ2n) is 6.10. The molecule has 0 saturated heterocycles. The maximum atomic E-state index is 5.80. The van der Waals surface area contributed by atoms with Gasteiger partial charge in [-0.15, -0.1) is 0 Å². The van der Waals surface area contributed by atoms with E-state index in [2.05, 4.69) is 29.3 Å². The highest BCUT2D eigenvalue weighted by molar-refractivity contribution is 7.80. The maximum Gasteiger partial charge on any atom is 0.169 e. The highest BCUT2D eigenvalue weighted by atomic mass is 32.1. The van der Waals surface area contributed by atoms with Crippen LogP contribution in [0.2, 0.25) is 0 Å². The summed E-state index contributed by atoms with van der Waals surface area (Å²) in [4.78, 5) is 2.20. The van der Waals surface area contributed by atoms with Crippen molar-refractivity contribution in [3.63, 3.8) is 0 Å². The van der Waals surface area contributed by atoms with Crippen molar-refractivity contribution in [1.29, 1.82) is 0 Å². The van der Waals surface area contributed by atoms with Crippen molar-refractivity contribution >= 4 is 17.3 Å². The van der Waals surface area contributed by atoms with Gasteiger partial charge in [0.05, 0.1) is 19.8 Å². The molecule has 0 amide bonds. The maximum absolute atomic E-state index is 5.80. The number of benzene rings is 1. The van der Waals surface area contributed by atoms with Gasteiger partial charge in [-0.1, -0.05) is 0 Å². The van der Waals surface area contributed by atoms with Crippen molar-refractivity contribution < 1.29 is 14.2 Å². The lowest BCUT2D eigenvalue weighted by Gasteiger charge is -2.32. The molecule has 0 aromatic heterocycles. The minimum atomic E-state index is 0.206. The highest BCUT2D eigenvalue weighted by Gasteiger charge is 2.22. The van der Waals surface area contributed by atoms with Crippen molar-refractivity contribution in [1.82, 2.24) is 10.2 Å². The molecule has 0 aliphatic carbocycles. The fourth-order valence-electron chi connectivity index (χ4n) is 2.98. The number of fused-ring (bicyclic) bond motifs is 2. The predicted octanol–water partition coefficient (Wildman–Crippen LogP) is 2.12. The molecular formula is C17H24N2O3S. The van der Waals surface area contributed by atoms with Crippen LogP contribution in [0.1, 0.15) is 24.5 Å². The zero-order chi connectivity index (χ0) is 16.2. The molecule has 0 spiro atoms. The van der Waals surface area contributed by atoms with E-state index in [-0.39, 0.29) is 6.04 Å². The van der Waals surface area contributed by atoms with Crippen LogP contribution in [0.5, 0.6) is 11.5 Å². The second-order valence-corrected chi connectivity index (χ2v) is 6.48. The van der Waals surface area contributed by atoms with Gasteiger partial charge >= 0.3 is 0 Å². The first-order chi connectivity index (χ1) is 11.2. The van der Waals surface area contributed by atoms with Gasteiger partial charge in [0, 0.05) is 32.7 Å². The topological polar surface area (TPSA) is 43.0 Å². The Morgan fingerprint density at radius 3 is 2.70 bits per heavy atom. The lowest BCUT2D eigenvalue weighted by Crippen LogP contribution is -2.46. The van der Waals surface area contributed by atoms with E-state index in [0.717, 1.165) is 49.1 Å². The van der Waals surface area contributed by atoms with Crippen LogP contribution in [0, 0.1) is 0 Å². The highest BCUT2D eigenvalue weighted by Crippen LogP contribution is 2.35. The predicted molar refractivity (Wildman–Crippen MR) is 93.2 cm³/mol. The zero-order valence-corrected chi connectivity index (χ0v) is 14.6. The third kappa shape index (κ3) is 3.87. The quantitative estimate of drug-likeness (QED) is 0.853. The van der Waals surface area contributed by atoms with E-state index in [0.29, 0.717) is 13.2 Å². The molecule has 0 unspecified atom stereocenters. The Morgan fingerprint density at radius 1 is 1.30 bits per heavy atom. The van der Waals surface area contributed by atoms with Crippen LogP contribution >= 0.6 is 12.2 Å². The van der Waals surface area contributed by atoms with Crippen LogP contribution in [0.25, 0.3) is 0 Å². The summed E-state index contributed by atoms with van der Waals surface area (Å²) in [7, 11) is 1.70. The summed E-state index contributed by atoms with van der Waals surface area (Å²) in [6.07, 6.45) is 1.89. The number of thiocarbonyl (C=S) groups is 1. The van der Waals surface area contributed by atoms with Crippen LogP contribution in [0.3, 0.4) is 0 Å². The lowest BCUT2D eigenvalue weighted by atomic mass is 9.99. The van der Waals surface area contributed by atoms with E-state index in [1.165, 1.54) is 11.1 Å². The summed E-state index contributed by atoms with van der Waals surface area (Å²) >= 11 is 5.54. The summed E-state index contributed by atoms with van der Waals surface area (Å²) in [5.41, 5.74) is 2.60. The molecule has 1 aromatic rings. The minimum Gasteiger partial charge on any atom is -0.490 e. The molecule has 2 aliphatic heterocycles. The van der Waals surface area contributed by atoms with E-state index in [9.17, 15) is 0 Å². The molecule has 1 N–H and O–H groups in total. The molecule has 5 nitrogen and oxygen atoms in total. The number of methoxy groups -OCH3 is 1. The Bertz CT molecular complexity index is 579. The summed E-state index contributed by atoms with van der Waals surface area (Å²) in [5.74, 6) is 1.74. The van der Waals surface area contributed by atoms with Gasteiger partial charge < -0.3 is 24.4 Å². The molecule has 0 saturated carbocycles. The first-order valence-electron chi connectivity index (χ1n) is 8.13. The van der Waals surface area contributed by atoms with E-state index in [1.54, 1.807) is 7.11 Å². The van der Waals surface area contributed by atoms with Crippen LogP contribution in [-0.4, -0.2) is 49.5 Å². The Labute approximate surface area is 142 Å². The molecule has 1 atom stereocenters. The summed E-state index contributed by atoms with van der Waals surface area (Å²) < 4.78 is 16.7. The van der Waals surface area contributed by atoms with Gasteiger partial charge in [-0.3, -0.25) is 0 Å². The van der Waals surface area contributed by atoms with Crippen molar-refractivity contribution in [2.24, 2.45) is 0 Å². The number of rotatable bonds is 3. The minimum absolute atomic E-state index is 0.206. The molecule has 1 aromatic carbocycles. The molecular weight excluding hydrogens is 312 g/mol. The normalized spacial score (nSPS) is 17.9. The van der Waals surface area contributed by atoms with Crippen molar-refractivity contribution in [2.75, 3.05) is 33.5 Å². The number of hydrogen-bond donors (Lipinski definition) is 1. The number of hydrogen-bond acceptors (Lipinski definition) is 4. The smallest absolute Gasteiger partial charge is 0.169 e. The SMILES string of the molecule is COC[C@@H](C)NC(=S)N1CCc2cc3c(cc2C1)OCCCO3. The third-order valence-electron chi connectivity index (χ3n) is 4.16. The zero-order valence-electron chi connectivity index (χ0n) is 13.8. The van der Waals surface area contributed by atoms with Crippen molar-refractivity contribution in [3.05, 3.63) is 23.3 Å². The van der Waals surface area contributed by atoms with Gasteiger partial charge in [0.1, 0.15) is 0 Å². The summed E-state index contributed by atoms with van der Waals surface area (Å²) in [6, 6.07) is 4.46. The Balaban J connectivity index is 1.70. The van der Waals surface area contributed by atoms with Crippen LogP contribution in [-0.2, 0) is 17.7 Å². The molecule has 6 heteroatoms. The monoisotopic (exact) mass is 336 g/mol. The Kier molecular flexibility index (Phi) is 5.23. The van der Waals surface area contributed by atoms with E-state index >= 15 is 0 Å². The number of nitrogens with zero attached hydrogens (tertiary/aromatic N) is 1. The van der Waals surface area contributed by atoms with Crippen LogP contribution in [0.15, 0.2) is 12.1 Å². The molecule has 0 fully saturated rings. The molecule has 2 heterocycles. The van der Waals surface area contributed by atoms with Crippen molar-refractivity contribution in [2.45, 2.75) is 32.4 Å². The van der Waals surface area contributed by atoms with E-state index in [4.69, 9.17) is 26.4 Å². The Hall–Kier alpha value is -1.53.